The van der Waals surface area contributed by atoms with Gasteiger partial charge in [0, 0.05) is 30.7 Å². The van der Waals surface area contributed by atoms with Gasteiger partial charge in [0.1, 0.15) is 11.6 Å². The molecule has 0 amide bonds. The molecule has 134 valence electrons. The number of pyridine rings is 1. The number of aromatic nitrogens is 1. The van der Waals surface area contributed by atoms with Crippen LogP contribution in [0.2, 0.25) is 0 Å². The number of nitrogens with one attached hydrogen (secondary N) is 2. The van der Waals surface area contributed by atoms with E-state index in [2.05, 4.69) is 26.7 Å². The molecule has 3 rings (SSSR count). The second-order valence-electron chi connectivity index (χ2n) is 5.42. The van der Waals surface area contributed by atoms with Gasteiger partial charge >= 0.3 is 0 Å². The Morgan fingerprint density at radius 3 is 2.69 bits per heavy atom. The first-order valence-corrected chi connectivity index (χ1v) is 8.96. The van der Waals surface area contributed by atoms with Gasteiger partial charge in [0.2, 0.25) is 5.88 Å². The van der Waals surface area contributed by atoms with Gasteiger partial charge in [-0.25, -0.2) is 9.37 Å². The Bertz CT molecular complexity index is 850. The smallest absolute Gasteiger partial charge is 0.219 e. The van der Waals surface area contributed by atoms with Crippen LogP contribution in [0.3, 0.4) is 0 Å². The van der Waals surface area contributed by atoms with Gasteiger partial charge in [0.05, 0.1) is 6.54 Å². The molecule has 5 nitrogen and oxygen atoms in total. The highest BCUT2D eigenvalue weighted by Crippen LogP contribution is 2.20. The maximum Gasteiger partial charge on any atom is 0.219 e. The fourth-order valence-electron chi connectivity index (χ4n) is 2.23. The number of ether oxygens (including phenoxy) is 1. The van der Waals surface area contributed by atoms with Crippen LogP contribution in [0.15, 0.2) is 65.1 Å². The van der Waals surface area contributed by atoms with Crippen molar-refractivity contribution in [3.05, 3.63) is 76.4 Å². The summed E-state index contributed by atoms with van der Waals surface area (Å²) in [5.41, 5.74) is 0.996. The van der Waals surface area contributed by atoms with E-state index in [1.165, 1.54) is 17.0 Å². The Kier molecular flexibility index (Phi) is 6.16. The van der Waals surface area contributed by atoms with Crippen LogP contribution in [-0.2, 0) is 13.1 Å². The zero-order valence-corrected chi connectivity index (χ0v) is 15.1. The lowest BCUT2D eigenvalue weighted by Gasteiger charge is -2.12. The molecule has 2 N–H and O–H groups in total. The molecule has 1 aromatic carbocycles. The van der Waals surface area contributed by atoms with Crippen LogP contribution in [0.4, 0.5) is 4.39 Å². The third kappa shape index (κ3) is 5.29. The van der Waals surface area contributed by atoms with Crippen molar-refractivity contribution in [3.63, 3.8) is 0 Å². The Labute approximate surface area is 155 Å². The maximum absolute atomic E-state index is 13.0. The summed E-state index contributed by atoms with van der Waals surface area (Å²) < 4.78 is 18.6. The molecule has 0 aliphatic rings. The minimum atomic E-state index is -0.301. The molecule has 0 atom stereocenters. The number of rotatable bonds is 6. The van der Waals surface area contributed by atoms with Crippen molar-refractivity contribution in [1.29, 1.82) is 0 Å². The quantitative estimate of drug-likeness (QED) is 0.510. The lowest BCUT2D eigenvalue weighted by Crippen LogP contribution is -2.36. The van der Waals surface area contributed by atoms with E-state index in [0.29, 0.717) is 18.2 Å². The largest absolute Gasteiger partial charge is 0.439 e. The van der Waals surface area contributed by atoms with Crippen LogP contribution in [0, 0.1) is 5.82 Å². The van der Waals surface area contributed by atoms with Gasteiger partial charge in [-0.2, -0.15) is 0 Å². The molecular weight excluding hydrogens is 351 g/mol. The Hall–Kier alpha value is -2.93. The van der Waals surface area contributed by atoms with Gasteiger partial charge in [0.25, 0.3) is 0 Å². The van der Waals surface area contributed by atoms with Crippen molar-refractivity contribution < 1.29 is 9.13 Å². The average molecular weight is 370 g/mol. The third-order valence-corrected chi connectivity index (χ3v) is 4.41. The van der Waals surface area contributed by atoms with Crippen LogP contribution in [0.25, 0.3) is 0 Å². The fraction of sp³-hybridized carbons (Fsp3) is 0.158. The first kappa shape index (κ1) is 17.9. The third-order valence-electron chi connectivity index (χ3n) is 3.53. The predicted molar refractivity (Wildman–Crippen MR) is 102 cm³/mol. The molecular formula is C19H19FN4OS. The van der Waals surface area contributed by atoms with E-state index < -0.39 is 0 Å². The van der Waals surface area contributed by atoms with Crippen molar-refractivity contribution in [2.75, 3.05) is 7.05 Å². The summed E-state index contributed by atoms with van der Waals surface area (Å²) in [4.78, 5) is 9.65. The van der Waals surface area contributed by atoms with Crippen LogP contribution < -0.4 is 15.4 Å². The van der Waals surface area contributed by atoms with Gasteiger partial charge < -0.3 is 15.4 Å². The topological polar surface area (TPSA) is 58.5 Å². The summed E-state index contributed by atoms with van der Waals surface area (Å²) in [5, 5.41) is 8.57. The Morgan fingerprint density at radius 1 is 1.15 bits per heavy atom. The van der Waals surface area contributed by atoms with E-state index in [-0.39, 0.29) is 5.82 Å². The Balaban J connectivity index is 1.55. The molecule has 0 radical (unpaired) electrons. The van der Waals surface area contributed by atoms with E-state index in [9.17, 15) is 4.39 Å². The number of aliphatic imine (C=N–C) groups is 1. The molecule has 0 bridgehead atoms. The molecule has 2 heterocycles. The van der Waals surface area contributed by atoms with Crippen LogP contribution in [0.5, 0.6) is 11.6 Å². The Morgan fingerprint density at radius 2 is 1.96 bits per heavy atom. The lowest BCUT2D eigenvalue weighted by atomic mass is 10.2. The normalized spacial score (nSPS) is 11.2. The zero-order chi connectivity index (χ0) is 18.2. The van der Waals surface area contributed by atoms with E-state index in [0.717, 1.165) is 18.1 Å². The first-order chi connectivity index (χ1) is 12.7. The molecule has 0 aliphatic heterocycles. The van der Waals surface area contributed by atoms with Gasteiger partial charge in [0.15, 0.2) is 5.96 Å². The summed E-state index contributed by atoms with van der Waals surface area (Å²) in [6.45, 7) is 1.30. The van der Waals surface area contributed by atoms with E-state index >= 15 is 0 Å². The molecule has 0 saturated heterocycles. The molecule has 0 spiro atoms. The second-order valence-corrected chi connectivity index (χ2v) is 6.45. The molecule has 7 heteroatoms. The minimum absolute atomic E-state index is 0.301. The van der Waals surface area contributed by atoms with E-state index in [1.807, 2.05) is 23.6 Å². The number of hydrogen-bond acceptors (Lipinski definition) is 4. The second kappa shape index (κ2) is 8.96. The summed E-state index contributed by atoms with van der Waals surface area (Å²) in [6, 6.07) is 13.7. The highest BCUT2D eigenvalue weighted by atomic mass is 32.1. The highest BCUT2D eigenvalue weighted by Gasteiger charge is 2.03. The number of nitrogens with zero attached hydrogens (tertiary/aromatic N) is 2. The van der Waals surface area contributed by atoms with Crippen molar-refractivity contribution in [2.24, 2.45) is 4.99 Å². The predicted octanol–water partition coefficient (Wildman–Crippen LogP) is 3.94. The molecule has 0 aliphatic carbocycles. The number of halogens is 1. The van der Waals surface area contributed by atoms with Gasteiger partial charge in [-0.05, 0) is 47.3 Å². The number of hydrogen-bond donors (Lipinski definition) is 2. The van der Waals surface area contributed by atoms with Crippen molar-refractivity contribution in [1.82, 2.24) is 15.6 Å². The van der Waals surface area contributed by atoms with E-state index in [4.69, 9.17) is 4.74 Å². The SMILES string of the molecule is CN=C(NCc1ccnc(Oc2ccc(F)cc2)c1)NCc1cccs1. The summed E-state index contributed by atoms with van der Waals surface area (Å²) in [6.07, 6.45) is 1.68. The summed E-state index contributed by atoms with van der Waals surface area (Å²) in [7, 11) is 1.74. The lowest BCUT2D eigenvalue weighted by molar-refractivity contribution is 0.460. The zero-order valence-electron chi connectivity index (χ0n) is 14.3. The average Bonchev–Trinajstić information content (AvgIpc) is 3.18. The monoisotopic (exact) mass is 370 g/mol. The highest BCUT2D eigenvalue weighted by molar-refractivity contribution is 7.09. The number of guanidine groups is 1. The molecule has 2 aromatic heterocycles. The molecule has 0 saturated carbocycles. The van der Waals surface area contributed by atoms with Crippen LogP contribution in [0.1, 0.15) is 10.4 Å². The van der Waals surface area contributed by atoms with Crippen molar-refractivity contribution in [2.45, 2.75) is 13.1 Å². The van der Waals surface area contributed by atoms with E-state index in [1.54, 1.807) is 36.7 Å². The van der Waals surface area contributed by atoms with Gasteiger partial charge in [-0.3, -0.25) is 4.99 Å². The first-order valence-electron chi connectivity index (χ1n) is 8.08. The fourth-order valence-corrected chi connectivity index (χ4v) is 2.87. The van der Waals surface area contributed by atoms with Crippen LogP contribution >= 0.6 is 11.3 Å². The standard InChI is InChI=1S/C19H19FN4OS/c1-21-19(24-13-17-3-2-10-26-17)23-12-14-8-9-22-18(11-14)25-16-6-4-15(20)5-7-16/h2-11H,12-13H2,1H3,(H2,21,23,24). The van der Waals surface area contributed by atoms with Crippen molar-refractivity contribution in [3.8, 4) is 11.6 Å². The number of thiophene rings is 1. The maximum atomic E-state index is 13.0. The van der Waals surface area contributed by atoms with Crippen LogP contribution in [-0.4, -0.2) is 18.0 Å². The van der Waals surface area contributed by atoms with Crippen molar-refractivity contribution >= 4 is 17.3 Å². The summed E-state index contributed by atoms with van der Waals surface area (Å²) >= 11 is 1.70. The van der Waals surface area contributed by atoms with Gasteiger partial charge in [-0.1, -0.05) is 6.07 Å². The molecule has 0 fully saturated rings. The summed E-state index contributed by atoms with van der Waals surface area (Å²) in [5.74, 6) is 1.41. The minimum Gasteiger partial charge on any atom is -0.439 e. The van der Waals surface area contributed by atoms with Gasteiger partial charge in [-0.15, -0.1) is 11.3 Å². The molecule has 0 unspecified atom stereocenters. The molecule has 3 aromatic rings. The number of benzene rings is 1. The molecule has 26 heavy (non-hydrogen) atoms.